The molecule has 0 saturated carbocycles. The van der Waals surface area contributed by atoms with E-state index in [2.05, 4.69) is 29.7 Å². The molecular formula is C14H17ClN6. The molecule has 0 radical (unpaired) electrons. The minimum Gasteiger partial charge on any atom is -0.338 e. The van der Waals surface area contributed by atoms with E-state index >= 15 is 0 Å². The monoisotopic (exact) mass is 304 g/mol. The number of piperazine rings is 1. The van der Waals surface area contributed by atoms with E-state index in [9.17, 15) is 0 Å². The fourth-order valence-corrected chi connectivity index (χ4v) is 2.68. The van der Waals surface area contributed by atoms with Crippen molar-refractivity contribution in [2.45, 2.75) is 13.5 Å². The van der Waals surface area contributed by atoms with Gasteiger partial charge in [-0.15, -0.1) is 0 Å². The number of nitrogens with zero attached hydrogens (tertiary/aromatic N) is 6. The molecule has 0 aromatic carbocycles. The third-order valence-corrected chi connectivity index (χ3v) is 3.64. The van der Waals surface area contributed by atoms with Crippen molar-refractivity contribution in [2.24, 2.45) is 0 Å². The van der Waals surface area contributed by atoms with Crippen LogP contribution in [0, 0.1) is 6.92 Å². The summed E-state index contributed by atoms with van der Waals surface area (Å²) in [4.78, 5) is 21.8. The second-order valence-corrected chi connectivity index (χ2v) is 5.45. The zero-order chi connectivity index (χ0) is 14.7. The smallest absolute Gasteiger partial charge is 0.225 e. The van der Waals surface area contributed by atoms with Crippen LogP contribution in [0.15, 0.2) is 24.5 Å². The van der Waals surface area contributed by atoms with Gasteiger partial charge < -0.3 is 4.90 Å². The average Bonchev–Trinajstić information content (AvgIpc) is 2.48. The van der Waals surface area contributed by atoms with Gasteiger partial charge in [-0.3, -0.25) is 4.90 Å². The first kappa shape index (κ1) is 14.2. The van der Waals surface area contributed by atoms with Crippen molar-refractivity contribution in [1.82, 2.24) is 24.8 Å². The van der Waals surface area contributed by atoms with Crippen LogP contribution < -0.4 is 4.90 Å². The summed E-state index contributed by atoms with van der Waals surface area (Å²) in [7, 11) is 0. The predicted molar refractivity (Wildman–Crippen MR) is 81.3 cm³/mol. The summed E-state index contributed by atoms with van der Waals surface area (Å²) < 4.78 is 0. The van der Waals surface area contributed by atoms with E-state index in [0.29, 0.717) is 5.15 Å². The molecule has 0 aliphatic carbocycles. The molecule has 0 unspecified atom stereocenters. The van der Waals surface area contributed by atoms with E-state index in [1.165, 1.54) is 0 Å². The van der Waals surface area contributed by atoms with Crippen molar-refractivity contribution in [1.29, 1.82) is 0 Å². The number of rotatable bonds is 3. The van der Waals surface area contributed by atoms with Gasteiger partial charge >= 0.3 is 0 Å². The maximum absolute atomic E-state index is 5.98. The third kappa shape index (κ3) is 3.65. The Kier molecular flexibility index (Phi) is 4.26. The number of hydrogen-bond donors (Lipinski definition) is 0. The molecule has 2 aromatic rings. The zero-order valence-corrected chi connectivity index (χ0v) is 12.7. The highest BCUT2D eigenvalue weighted by molar-refractivity contribution is 6.29. The molecule has 1 fully saturated rings. The number of anilines is 1. The minimum atomic E-state index is 0.508. The Labute approximate surface area is 128 Å². The molecule has 7 heteroatoms. The molecule has 0 N–H and O–H groups in total. The second-order valence-electron chi connectivity index (χ2n) is 5.06. The Morgan fingerprint density at radius 2 is 1.81 bits per heavy atom. The molecule has 3 heterocycles. The Balaban J connectivity index is 1.58. The Morgan fingerprint density at radius 3 is 2.48 bits per heavy atom. The van der Waals surface area contributed by atoms with E-state index < -0.39 is 0 Å². The molecule has 21 heavy (non-hydrogen) atoms. The molecule has 1 saturated heterocycles. The van der Waals surface area contributed by atoms with Crippen molar-refractivity contribution >= 4 is 17.5 Å². The van der Waals surface area contributed by atoms with Gasteiger partial charge in [0.05, 0.1) is 6.54 Å². The quantitative estimate of drug-likeness (QED) is 0.802. The molecule has 0 bridgehead atoms. The van der Waals surface area contributed by atoms with Crippen molar-refractivity contribution in [2.75, 3.05) is 31.1 Å². The van der Waals surface area contributed by atoms with Gasteiger partial charge in [-0.05, 0) is 19.1 Å². The summed E-state index contributed by atoms with van der Waals surface area (Å²) in [6, 6.07) is 3.61. The molecule has 0 atom stereocenters. The van der Waals surface area contributed by atoms with Crippen LogP contribution in [-0.2, 0) is 6.54 Å². The van der Waals surface area contributed by atoms with Crippen LogP contribution in [0.1, 0.15) is 11.5 Å². The van der Waals surface area contributed by atoms with Gasteiger partial charge in [0.25, 0.3) is 0 Å². The van der Waals surface area contributed by atoms with Crippen LogP contribution in [-0.4, -0.2) is 51.0 Å². The molecule has 2 aromatic heterocycles. The Bertz CT molecular complexity index is 577. The van der Waals surface area contributed by atoms with Crippen molar-refractivity contribution in [3.05, 3.63) is 41.2 Å². The number of hydrogen-bond acceptors (Lipinski definition) is 6. The highest BCUT2D eigenvalue weighted by Gasteiger charge is 2.19. The van der Waals surface area contributed by atoms with Crippen molar-refractivity contribution < 1.29 is 0 Å². The molecular weight excluding hydrogens is 288 g/mol. The lowest BCUT2D eigenvalue weighted by atomic mass is 10.3. The lowest BCUT2D eigenvalue weighted by Crippen LogP contribution is -2.46. The summed E-state index contributed by atoms with van der Waals surface area (Å²) in [5, 5.41) is 0.508. The fraction of sp³-hybridized carbons (Fsp3) is 0.429. The van der Waals surface area contributed by atoms with E-state index in [0.717, 1.165) is 50.2 Å². The summed E-state index contributed by atoms with van der Waals surface area (Å²) in [6.07, 6.45) is 3.55. The topological polar surface area (TPSA) is 58.0 Å². The van der Waals surface area contributed by atoms with Crippen LogP contribution in [0.25, 0.3) is 0 Å². The molecule has 110 valence electrons. The summed E-state index contributed by atoms with van der Waals surface area (Å²) in [5.74, 6) is 1.58. The normalized spacial score (nSPS) is 16.2. The van der Waals surface area contributed by atoms with Crippen LogP contribution in [0.4, 0.5) is 5.95 Å². The third-order valence-electron chi connectivity index (χ3n) is 3.44. The van der Waals surface area contributed by atoms with Gasteiger partial charge in [-0.1, -0.05) is 11.6 Å². The van der Waals surface area contributed by atoms with E-state index in [4.69, 9.17) is 11.6 Å². The van der Waals surface area contributed by atoms with Gasteiger partial charge in [0.15, 0.2) is 0 Å². The zero-order valence-electron chi connectivity index (χ0n) is 11.9. The largest absolute Gasteiger partial charge is 0.338 e. The van der Waals surface area contributed by atoms with Gasteiger partial charge in [0.1, 0.15) is 11.0 Å². The standard InChI is InChI=1S/C14H17ClN6/c1-11-9-12(15)19-13(18-11)10-20-5-7-21(8-6-20)14-16-3-2-4-17-14/h2-4,9H,5-8,10H2,1H3. The molecule has 3 rings (SSSR count). The number of aryl methyl sites for hydroxylation is 1. The average molecular weight is 305 g/mol. The number of aromatic nitrogens is 4. The van der Waals surface area contributed by atoms with Crippen LogP contribution in [0.3, 0.4) is 0 Å². The second kappa shape index (κ2) is 6.32. The Hall–Kier alpha value is -1.79. The maximum atomic E-state index is 5.98. The van der Waals surface area contributed by atoms with Crippen molar-refractivity contribution in [3.63, 3.8) is 0 Å². The molecule has 0 amide bonds. The summed E-state index contributed by atoms with van der Waals surface area (Å²) in [6.45, 7) is 6.35. The summed E-state index contributed by atoms with van der Waals surface area (Å²) >= 11 is 5.98. The molecule has 1 aliphatic rings. The highest BCUT2D eigenvalue weighted by Crippen LogP contribution is 2.12. The first-order chi connectivity index (χ1) is 10.2. The minimum absolute atomic E-state index is 0.508. The maximum Gasteiger partial charge on any atom is 0.225 e. The van der Waals surface area contributed by atoms with Gasteiger partial charge in [-0.25, -0.2) is 19.9 Å². The fourth-order valence-electron chi connectivity index (χ4n) is 2.42. The predicted octanol–water partition coefficient (Wildman–Crippen LogP) is 1.55. The van der Waals surface area contributed by atoms with E-state index in [1.54, 1.807) is 18.5 Å². The van der Waals surface area contributed by atoms with Crippen LogP contribution >= 0.6 is 11.6 Å². The first-order valence-electron chi connectivity index (χ1n) is 6.95. The van der Waals surface area contributed by atoms with Crippen LogP contribution in [0.5, 0.6) is 0 Å². The van der Waals surface area contributed by atoms with Gasteiger partial charge in [0, 0.05) is 44.3 Å². The van der Waals surface area contributed by atoms with E-state index in [1.807, 2.05) is 13.0 Å². The summed E-state index contributed by atoms with van der Waals surface area (Å²) in [5.41, 5.74) is 0.904. The Morgan fingerprint density at radius 1 is 1.10 bits per heavy atom. The molecule has 6 nitrogen and oxygen atoms in total. The SMILES string of the molecule is Cc1cc(Cl)nc(CN2CCN(c3ncccn3)CC2)n1. The highest BCUT2D eigenvalue weighted by atomic mass is 35.5. The van der Waals surface area contributed by atoms with Crippen molar-refractivity contribution in [3.8, 4) is 0 Å². The molecule has 1 aliphatic heterocycles. The van der Waals surface area contributed by atoms with Gasteiger partial charge in [0.2, 0.25) is 5.95 Å². The molecule has 0 spiro atoms. The van der Waals surface area contributed by atoms with Crippen LogP contribution in [0.2, 0.25) is 5.15 Å². The number of halogens is 1. The first-order valence-corrected chi connectivity index (χ1v) is 7.33. The van der Waals surface area contributed by atoms with E-state index in [-0.39, 0.29) is 0 Å². The lowest BCUT2D eigenvalue weighted by Gasteiger charge is -2.34. The van der Waals surface area contributed by atoms with Gasteiger partial charge in [-0.2, -0.15) is 0 Å². The lowest BCUT2D eigenvalue weighted by molar-refractivity contribution is 0.242.